The Hall–Kier alpha value is -0.680. The van der Waals surface area contributed by atoms with Crippen molar-refractivity contribution in [2.45, 2.75) is 19.8 Å². The van der Waals surface area contributed by atoms with Gasteiger partial charge < -0.3 is 9.94 Å². The molecule has 0 atom stereocenters. The highest BCUT2D eigenvalue weighted by molar-refractivity contribution is 6.37. The molecule has 0 fully saturated rings. The second kappa shape index (κ2) is 8.43. The summed E-state index contributed by atoms with van der Waals surface area (Å²) in [5.74, 6) is -0.500. The number of aryl methyl sites for hydroxylation is 1. The number of halogens is 3. The van der Waals surface area contributed by atoms with Crippen LogP contribution in [0.5, 0.6) is 5.75 Å². The predicted octanol–water partition coefficient (Wildman–Crippen LogP) is 3.12. The van der Waals surface area contributed by atoms with Crippen molar-refractivity contribution in [3.63, 3.8) is 0 Å². The molecule has 0 spiro atoms. The predicted molar refractivity (Wildman–Crippen MR) is 73.5 cm³/mol. The molecular weight excluding hydrogens is 300 g/mol. The van der Waals surface area contributed by atoms with Crippen LogP contribution in [0.4, 0.5) is 0 Å². The third-order valence-corrected chi connectivity index (χ3v) is 2.60. The molecule has 0 aliphatic carbocycles. The summed E-state index contributed by atoms with van der Waals surface area (Å²) in [7, 11) is 0. The lowest BCUT2D eigenvalue weighted by molar-refractivity contribution is -0.150. The molecule has 1 aromatic carbocycles. The zero-order valence-corrected chi connectivity index (χ0v) is 12.0. The van der Waals surface area contributed by atoms with E-state index < -0.39 is 0 Å². The molecule has 4 nitrogen and oxygen atoms in total. The molecule has 0 radical (unpaired) electrons. The Labute approximate surface area is 122 Å². The van der Waals surface area contributed by atoms with E-state index >= 15 is 0 Å². The molecule has 7 heteroatoms. The lowest BCUT2D eigenvalue weighted by Crippen LogP contribution is -2.19. The zero-order chi connectivity index (χ0) is 12.8. The van der Waals surface area contributed by atoms with Gasteiger partial charge in [-0.2, -0.15) is 5.48 Å². The Morgan fingerprint density at radius 1 is 1.39 bits per heavy atom. The molecule has 0 aliphatic heterocycles. The van der Waals surface area contributed by atoms with E-state index in [0.29, 0.717) is 13.0 Å². The number of phenolic OH excluding ortho intramolecular Hbond substituents is 1. The second-order valence-electron chi connectivity index (χ2n) is 3.38. The minimum Gasteiger partial charge on any atom is -0.505 e. The van der Waals surface area contributed by atoms with E-state index in [1.807, 2.05) is 6.92 Å². The van der Waals surface area contributed by atoms with Crippen molar-refractivity contribution >= 4 is 41.6 Å². The summed E-state index contributed by atoms with van der Waals surface area (Å²) in [6.07, 6.45) is 0.661. The molecular formula is C11H14Cl3NO3. The number of aromatic hydroxyl groups is 1. The Balaban J connectivity index is 0.00000289. The summed E-state index contributed by atoms with van der Waals surface area (Å²) in [5.41, 5.74) is 3.24. The number of hydrogen-bond acceptors (Lipinski definition) is 4. The van der Waals surface area contributed by atoms with Gasteiger partial charge in [0.15, 0.2) is 5.75 Å². The molecule has 0 aromatic heterocycles. The van der Waals surface area contributed by atoms with Gasteiger partial charge in [-0.15, -0.1) is 12.4 Å². The van der Waals surface area contributed by atoms with Crippen LogP contribution in [0.1, 0.15) is 18.9 Å². The number of nitrogens with one attached hydrogen (secondary N) is 1. The van der Waals surface area contributed by atoms with Crippen molar-refractivity contribution in [2.24, 2.45) is 0 Å². The van der Waals surface area contributed by atoms with Gasteiger partial charge in [0.1, 0.15) is 0 Å². The fourth-order valence-corrected chi connectivity index (χ4v) is 1.74. The minimum atomic E-state index is -0.354. The van der Waals surface area contributed by atoms with Crippen LogP contribution in [0.3, 0.4) is 0 Å². The third-order valence-electron chi connectivity index (χ3n) is 2.02. The summed E-state index contributed by atoms with van der Waals surface area (Å²) < 4.78 is 0. The van der Waals surface area contributed by atoms with Crippen LogP contribution in [-0.2, 0) is 16.1 Å². The fourth-order valence-electron chi connectivity index (χ4n) is 1.21. The number of carbonyl (C=O) groups excluding carboxylic acids is 1. The van der Waals surface area contributed by atoms with Crippen molar-refractivity contribution in [3.05, 3.63) is 27.7 Å². The lowest BCUT2D eigenvalue weighted by Gasteiger charge is -2.06. The standard InChI is InChI=1S/C11H13Cl2NO3.ClH/c1-2-14-17-10(15)4-3-7-5-8(12)11(16)9(13)6-7;/h5-6,14,16H,2-4H2,1H3;1H. The van der Waals surface area contributed by atoms with E-state index in [1.165, 1.54) is 0 Å². The highest BCUT2D eigenvalue weighted by atomic mass is 35.5. The molecule has 102 valence electrons. The summed E-state index contributed by atoms with van der Waals surface area (Å²) in [5, 5.41) is 9.71. The Morgan fingerprint density at radius 3 is 2.44 bits per heavy atom. The first-order chi connectivity index (χ1) is 8.04. The van der Waals surface area contributed by atoms with Gasteiger partial charge in [-0.3, -0.25) is 4.79 Å². The normalized spacial score (nSPS) is 9.72. The maximum atomic E-state index is 11.2. The molecule has 1 rings (SSSR count). The van der Waals surface area contributed by atoms with Gasteiger partial charge >= 0.3 is 5.97 Å². The first-order valence-electron chi connectivity index (χ1n) is 5.14. The van der Waals surface area contributed by atoms with Crippen molar-refractivity contribution in [2.75, 3.05) is 6.54 Å². The van der Waals surface area contributed by atoms with E-state index in [0.717, 1.165) is 5.56 Å². The molecule has 0 bridgehead atoms. The maximum Gasteiger partial charge on any atom is 0.325 e. The number of hydrogen-bond donors (Lipinski definition) is 2. The van der Waals surface area contributed by atoms with Crippen molar-refractivity contribution in [3.8, 4) is 5.75 Å². The van der Waals surface area contributed by atoms with Crippen molar-refractivity contribution < 1.29 is 14.7 Å². The summed E-state index contributed by atoms with van der Waals surface area (Å²) in [6.45, 7) is 2.38. The molecule has 0 saturated heterocycles. The topological polar surface area (TPSA) is 58.6 Å². The van der Waals surface area contributed by atoms with Gasteiger partial charge in [-0.1, -0.05) is 23.2 Å². The number of carbonyl (C=O) groups is 1. The highest BCUT2D eigenvalue weighted by Crippen LogP contribution is 2.32. The van der Waals surface area contributed by atoms with Crippen LogP contribution >= 0.6 is 35.6 Å². The van der Waals surface area contributed by atoms with E-state index in [1.54, 1.807) is 12.1 Å². The summed E-state index contributed by atoms with van der Waals surface area (Å²) >= 11 is 11.5. The van der Waals surface area contributed by atoms with Gasteiger partial charge in [0, 0.05) is 6.54 Å². The minimum absolute atomic E-state index is 0. The van der Waals surface area contributed by atoms with Crippen LogP contribution in [0.15, 0.2) is 12.1 Å². The Kier molecular flexibility index (Phi) is 8.11. The maximum absolute atomic E-state index is 11.2. The third kappa shape index (κ3) is 5.31. The number of hydroxylamine groups is 1. The molecule has 0 amide bonds. The van der Waals surface area contributed by atoms with Crippen molar-refractivity contribution in [1.82, 2.24) is 5.48 Å². The SMILES string of the molecule is CCNOC(=O)CCc1cc(Cl)c(O)c(Cl)c1.Cl. The van der Waals surface area contributed by atoms with Crippen LogP contribution in [0.25, 0.3) is 0 Å². The number of benzene rings is 1. The van der Waals surface area contributed by atoms with Crippen LogP contribution in [-0.4, -0.2) is 17.6 Å². The van der Waals surface area contributed by atoms with Gasteiger partial charge in [0.2, 0.25) is 0 Å². The molecule has 18 heavy (non-hydrogen) atoms. The average molecular weight is 315 g/mol. The number of rotatable bonds is 5. The molecule has 1 aromatic rings. The second-order valence-corrected chi connectivity index (χ2v) is 4.19. The van der Waals surface area contributed by atoms with Gasteiger partial charge in [0.05, 0.1) is 16.5 Å². The van der Waals surface area contributed by atoms with E-state index in [4.69, 9.17) is 28.0 Å². The molecule has 0 unspecified atom stereocenters. The largest absolute Gasteiger partial charge is 0.505 e. The summed E-state index contributed by atoms with van der Waals surface area (Å²) in [4.78, 5) is 15.9. The van der Waals surface area contributed by atoms with E-state index in [9.17, 15) is 9.90 Å². The van der Waals surface area contributed by atoms with Gasteiger partial charge in [-0.05, 0) is 31.0 Å². The van der Waals surface area contributed by atoms with Gasteiger partial charge in [0.25, 0.3) is 0 Å². The van der Waals surface area contributed by atoms with Gasteiger partial charge in [-0.25, -0.2) is 0 Å². The molecule has 0 heterocycles. The van der Waals surface area contributed by atoms with E-state index in [2.05, 4.69) is 5.48 Å². The smallest absolute Gasteiger partial charge is 0.325 e. The Bertz CT molecular complexity index is 390. The molecule has 0 aliphatic rings. The molecule has 0 saturated carbocycles. The first-order valence-corrected chi connectivity index (χ1v) is 5.89. The average Bonchev–Trinajstić information content (AvgIpc) is 2.30. The van der Waals surface area contributed by atoms with Crippen LogP contribution in [0, 0.1) is 0 Å². The Morgan fingerprint density at radius 2 is 1.94 bits per heavy atom. The van der Waals surface area contributed by atoms with Crippen molar-refractivity contribution in [1.29, 1.82) is 0 Å². The highest BCUT2D eigenvalue weighted by Gasteiger charge is 2.09. The first kappa shape index (κ1) is 17.3. The van der Waals surface area contributed by atoms with Crippen LogP contribution in [0.2, 0.25) is 10.0 Å². The number of phenols is 1. The quantitative estimate of drug-likeness (QED) is 0.820. The molecule has 2 N–H and O–H groups in total. The summed E-state index contributed by atoms with van der Waals surface area (Å²) in [6, 6.07) is 3.15. The monoisotopic (exact) mass is 313 g/mol. The lowest BCUT2D eigenvalue weighted by atomic mass is 10.1. The fraction of sp³-hybridized carbons (Fsp3) is 0.364. The van der Waals surface area contributed by atoms with Crippen LogP contribution < -0.4 is 5.48 Å². The zero-order valence-electron chi connectivity index (χ0n) is 9.70. The van der Waals surface area contributed by atoms with E-state index in [-0.39, 0.29) is 40.6 Å².